The number of benzene rings is 1. The summed E-state index contributed by atoms with van der Waals surface area (Å²) in [6, 6.07) is 0. The van der Waals surface area contributed by atoms with Crippen LogP contribution >= 0.6 is 0 Å². The van der Waals surface area contributed by atoms with Crippen LogP contribution < -0.4 is 0 Å². The lowest BCUT2D eigenvalue weighted by molar-refractivity contribution is 0.396. The van der Waals surface area contributed by atoms with Crippen molar-refractivity contribution in [3.63, 3.8) is 0 Å². The largest absolute Gasteiger partial charge is 0.748 e. The summed E-state index contributed by atoms with van der Waals surface area (Å²) in [4.78, 5) is 3.81. The normalized spacial score (nSPS) is 20.6. The lowest BCUT2D eigenvalue weighted by Crippen LogP contribution is -2.29. The minimum Gasteiger partial charge on any atom is -0.748 e. The molecule has 0 radical (unpaired) electrons. The molecule has 1 heterocycles. The fourth-order valence-electron chi connectivity index (χ4n) is 2.76. The summed E-state index contributed by atoms with van der Waals surface area (Å²) in [5.41, 5.74) is -1.88. The van der Waals surface area contributed by atoms with Crippen molar-refractivity contribution in [3.8, 4) is 0 Å². The molecular weight excluding hydrogens is 338 g/mol. The zero-order valence-corrected chi connectivity index (χ0v) is 13.2. The van der Waals surface area contributed by atoms with E-state index in [1.165, 1.54) is 13.8 Å². The van der Waals surface area contributed by atoms with Gasteiger partial charge in [0.1, 0.15) is 5.69 Å². The van der Waals surface area contributed by atoms with Gasteiger partial charge in [-0.15, -0.1) is 0 Å². The molecule has 1 aromatic rings. The van der Waals surface area contributed by atoms with Crippen LogP contribution in [0.3, 0.4) is 0 Å². The van der Waals surface area contributed by atoms with Gasteiger partial charge in [0, 0.05) is 22.4 Å². The summed E-state index contributed by atoms with van der Waals surface area (Å²) < 4.78 is 86.4. The molecule has 0 N–H and O–H groups in total. The molecule has 0 aromatic heterocycles. The summed E-state index contributed by atoms with van der Waals surface area (Å²) in [5, 5.41) is 0. The zero-order chi connectivity index (χ0) is 17.6. The molecule has 0 amide bonds. The van der Waals surface area contributed by atoms with Gasteiger partial charge >= 0.3 is 0 Å². The first-order chi connectivity index (χ1) is 10.5. The second-order valence-corrected chi connectivity index (χ2v) is 7.25. The van der Waals surface area contributed by atoms with Gasteiger partial charge in [0.2, 0.25) is 0 Å². The monoisotopic (exact) mass is 352 g/mol. The van der Waals surface area contributed by atoms with Gasteiger partial charge in [-0.2, -0.15) is 0 Å². The Hall–Kier alpha value is -1.48. The number of rotatable bonds is 5. The Bertz CT molecular complexity index is 792. The van der Waals surface area contributed by atoms with Crippen LogP contribution in [0.4, 0.5) is 23.2 Å². The van der Waals surface area contributed by atoms with Gasteiger partial charge in [0.05, 0.1) is 10.1 Å². The van der Waals surface area contributed by atoms with Crippen molar-refractivity contribution in [1.82, 2.24) is 0 Å². The van der Waals surface area contributed by atoms with Crippen LogP contribution in [-0.2, 0) is 15.5 Å². The molecule has 23 heavy (non-hydrogen) atoms. The van der Waals surface area contributed by atoms with E-state index in [2.05, 4.69) is 4.99 Å². The van der Waals surface area contributed by atoms with E-state index in [4.69, 9.17) is 0 Å². The first kappa shape index (κ1) is 17.9. The van der Waals surface area contributed by atoms with Crippen LogP contribution in [0.1, 0.15) is 38.7 Å². The van der Waals surface area contributed by atoms with Crippen molar-refractivity contribution in [3.05, 3.63) is 28.8 Å². The van der Waals surface area contributed by atoms with Crippen molar-refractivity contribution in [2.24, 2.45) is 4.99 Å². The van der Waals surface area contributed by atoms with Crippen LogP contribution in [0.5, 0.6) is 0 Å². The van der Waals surface area contributed by atoms with Crippen molar-refractivity contribution in [1.29, 1.82) is 0 Å². The van der Waals surface area contributed by atoms with Crippen LogP contribution in [-0.4, -0.2) is 24.4 Å². The first-order valence-electron chi connectivity index (χ1n) is 6.85. The summed E-state index contributed by atoms with van der Waals surface area (Å²) >= 11 is 0. The number of hydrogen-bond acceptors (Lipinski definition) is 4. The molecule has 9 heteroatoms. The van der Waals surface area contributed by atoms with E-state index in [1.54, 1.807) is 0 Å². The molecule has 0 bridgehead atoms. The van der Waals surface area contributed by atoms with E-state index in [-0.39, 0.29) is 30.5 Å². The summed E-state index contributed by atoms with van der Waals surface area (Å²) in [7, 11) is -4.36. The molecule has 1 aliphatic heterocycles. The van der Waals surface area contributed by atoms with Crippen molar-refractivity contribution >= 4 is 21.5 Å². The number of halogens is 4. The molecular formula is C14H14F4NO3S-. The molecule has 2 rings (SSSR count). The van der Waals surface area contributed by atoms with Crippen molar-refractivity contribution in [2.75, 3.05) is 5.75 Å². The van der Waals surface area contributed by atoms with Gasteiger partial charge in [-0.3, -0.25) is 4.99 Å². The van der Waals surface area contributed by atoms with Gasteiger partial charge in [-0.1, -0.05) is 13.3 Å². The molecule has 1 atom stereocenters. The number of hydrogen-bond donors (Lipinski definition) is 0. The van der Waals surface area contributed by atoms with E-state index < -0.39 is 50.2 Å². The topological polar surface area (TPSA) is 69.6 Å². The predicted molar refractivity (Wildman–Crippen MR) is 74.8 cm³/mol. The Morgan fingerprint density at radius 3 is 2.17 bits per heavy atom. The maximum atomic E-state index is 14.1. The predicted octanol–water partition coefficient (Wildman–Crippen LogP) is 3.32. The molecule has 1 aliphatic rings. The van der Waals surface area contributed by atoms with E-state index >= 15 is 0 Å². The Morgan fingerprint density at radius 1 is 1.04 bits per heavy atom. The number of aliphatic imine (C=N–C) groups is 1. The minimum atomic E-state index is -4.36. The molecule has 0 aliphatic carbocycles. The quantitative estimate of drug-likeness (QED) is 0.268. The average molecular weight is 352 g/mol. The third-order valence-electron chi connectivity index (χ3n) is 4.19. The lowest BCUT2D eigenvalue weighted by atomic mass is 9.75. The average Bonchev–Trinajstić information content (AvgIpc) is 2.71. The second-order valence-electron chi connectivity index (χ2n) is 5.73. The van der Waals surface area contributed by atoms with Gasteiger partial charge in [0.15, 0.2) is 23.3 Å². The molecule has 0 saturated heterocycles. The van der Waals surface area contributed by atoms with Crippen LogP contribution in [0.2, 0.25) is 0 Å². The SMILES string of the molecule is CC1=Nc2c(F)c(F)c(F)c(F)c2C1(C)CCCCS(=O)(=O)[O-]. The number of fused-ring (bicyclic) bond motifs is 1. The fraction of sp³-hybridized carbons (Fsp3) is 0.500. The molecule has 0 spiro atoms. The third kappa shape index (κ3) is 3.12. The Kier molecular flexibility index (Phi) is 4.55. The molecule has 0 saturated carbocycles. The van der Waals surface area contributed by atoms with Crippen LogP contribution in [0.25, 0.3) is 0 Å². The van der Waals surface area contributed by atoms with Gasteiger partial charge < -0.3 is 4.55 Å². The van der Waals surface area contributed by atoms with E-state index in [0.717, 1.165) is 0 Å². The third-order valence-corrected chi connectivity index (χ3v) is 4.98. The number of unbranched alkanes of at least 4 members (excludes halogenated alkanes) is 1. The van der Waals surface area contributed by atoms with Crippen molar-refractivity contribution < 1.29 is 30.5 Å². The van der Waals surface area contributed by atoms with Gasteiger partial charge in [-0.05, 0) is 19.8 Å². The Labute approximate surface area is 131 Å². The van der Waals surface area contributed by atoms with Crippen LogP contribution in [0, 0.1) is 23.3 Å². The highest BCUT2D eigenvalue weighted by Gasteiger charge is 2.43. The van der Waals surface area contributed by atoms with Gasteiger partial charge in [-0.25, -0.2) is 26.0 Å². The fourth-order valence-corrected chi connectivity index (χ4v) is 3.32. The lowest BCUT2D eigenvalue weighted by Gasteiger charge is -2.27. The maximum Gasteiger partial charge on any atom is 0.199 e. The van der Waals surface area contributed by atoms with Gasteiger partial charge in [0.25, 0.3) is 0 Å². The highest BCUT2D eigenvalue weighted by Crippen LogP contribution is 2.47. The molecule has 0 fully saturated rings. The Morgan fingerprint density at radius 2 is 1.61 bits per heavy atom. The van der Waals surface area contributed by atoms with Crippen molar-refractivity contribution in [2.45, 2.75) is 38.5 Å². The summed E-state index contributed by atoms with van der Waals surface area (Å²) in [5.74, 6) is -7.46. The smallest absolute Gasteiger partial charge is 0.199 e. The Balaban J connectivity index is 2.35. The van der Waals surface area contributed by atoms with E-state index in [9.17, 15) is 30.5 Å². The highest BCUT2D eigenvalue weighted by molar-refractivity contribution is 7.85. The molecule has 1 unspecified atom stereocenters. The highest BCUT2D eigenvalue weighted by atomic mass is 32.2. The number of nitrogens with zero attached hydrogens (tertiary/aromatic N) is 1. The van der Waals surface area contributed by atoms with E-state index in [0.29, 0.717) is 0 Å². The second kappa shape index (κ2) is 5.86. The first-order valence-corrected chi connectivity index (χ1v) is 8.42. The van der Waals surface area contributed by atoms with E-state index in [1.807, 2.05) is 0 Å². The van der Waals surface area contributed by atoms with Crippen LogP contribution in [0.15, 0.2) is 4.99 Å². The summed E-state index contributed by atoms with van der Waals surface area (Å²) in [6.45, 7) is 2.96. The standard InChI is InChI=1S/C14H15F4NO3S/c1-7-14(2,5-3-4-6-23(20,21)22)8-9(15)10(16)11(17)12(18)13(8)19-7/h3-6H2,1-2H3,(H,20,21,22)/p-1. The minimum absolute atomic E-state index is 0.0256. The molecule has 4 nitrogen and oxygen atoms in total. The zero-order valence-electron chi connectivity index (χ0n) is 12.4. The maximum absolute atomic E-state index is 14.1. The molecule has 128 valence electrons. The summed E-state index contributed by atoms with van der Waals surface area (Å²) in [6.07, 6.45) is 0.342. The molecule has 1 aromatic carbocycles.